The van der Waals surface area contributed by atoms with Crippen LogP contribution in [0, 0.1) is 5.82 Å². The maximum absolute atomic E-state index is 12.7. The average Bonchev–Trinajstić information content (AvgIpc) is 2.39. The largest absolute Gasteiger partial charge is 1.00 e. The van der Waals surface area contributed by atoms with Gasteiger partial charge in [0, 0.05) is 12.1 Å². The molecule has 0 aliphatic carbocycles. The van der Waals surface area contributed by atoms with E-state index < -0.39 is 5.97 Å². The number of carboxylic acids is 1. The Bertz CT molecular complexity index is 594. The van der Waals surface area contributed by atoms with Crippen LogP contribution < -0.4 is 17.0 Å². The number of hydrogen-bond donors (Lipinski definition) is 1. The van der Waals surface area contributed by atoms with E-state index in [0.29, 0.717) is 0 Å². The molecule has 1 aromatic carbocycles. The SMILES string of the molecule is O=C(O)C[n+]1ccc(/C=C\c2ccc(F)cc2)cc1.[Cl-]. The number of nitrogens with zero attached hydrogens (tertiary/aromatic N) is 1. The van der Waals surface area contributed by atoms with Crippen LogP contribution in [0.25, 0.3) is 12.2 Å². The Morgan fingerprint density at radius 3 is 2.05 bits per heavy atom. The molecule has 0 aliphatic heterocycles. The second kappa shape index (κ2) is 7.40. The molecule has 104 valence electrons. The summed E-state index contributed by atoms with van der Waals surface area (Å²) in [5, 5.41) is 8.65. The minimum atomic E-state index is -0.875. The fourth-order valence-corrected chi connectivity index (χ4v) is 1.61. The molecule has 0 amide bonds. The Labute approximate surface area is 122 Å². The van der Waals surface area contributed by atoms with Gasteiger partial charge in [0.25, 0.3) is 0 Å². The van der Waals surface area contributed by atoms with E-state index in [1.165, 1.54) is 12.1 Å². The Morgan fingerprint density at radius 2 is 1.55 bits per heavy atom. The first-order valence-corrected chi connectivity index (χ1v) is 5.78. The minimum Gasteiger partial charge on any atom is -1.00 e. The first kappa shape index (κ1) is 15.9. The number of carboxylic acid groups (broad SMARTS) is 1. The summed E-state index contributed by atoms with van der Waals surface area (Å²) in [7, 11) is 0. The summed E-state index contributed by atoms with van der Waals surface area (Å²) in [5.41, 5.74) is 1.86. The van der Waals surface area contributed by atoms with Crippen LogP contribution in [-0.2, 0) is 11.3 Å². The third-order valence-electron chi connectivity index (χ3n) is 2.57. The number of pyridine rings is 1. The maximum Gasteiger partial charge on any atom is 0.370 e. The molecule has 0 atom stereocenters. The van der Waals surface area contributed by atoms with E-state index in [0.717, 1.165) is 11.1 Å². The molecular formula is C15H13ClFNO2. The van der Waals surface area contributed by atoms with E-state index in [1.807, 2.05) is 24.3 Å². The van der Waals surface area contributed by atoms with Gasteiger partial charge in [0.15, 0.2) is 12.4 Å². The molecule has 0 fully saturated rings. The van der Waals surface area contributed by atoms with Gasteiger partial charge in [-0.15, -0.1) is 0 Å². The Morgan fingerprint density at radius 1 is 1.05 bits per heavy atom. The van der Waals surface area contributed by atoms with Gasteiger partial charge in [0.05, 0.1) is 0 Å². The molecule has 5 heteroatoms. The third kappa shape index (κ3) is 4.82. The molecule has 0 saturated carbocycles. The standard InChI is InChI=1S/C15H12FNO2.ClH/c16-14-5-3-12(4-6-14)1-2-13-7-9-17(10-8-13)11-15(18)19;/h1-10H,11H2;1H/b2-1-;. The monoisotopic (exact) mass is 293 g/mol. The van der Waals surface area contributed by atoms with Crippen molar-refractivity contribution in [1.82, 2.24) is 0 Å². The van der Waals surface area contributed by atoms with E-state index >= 15 is 0 Å². The lowest BCUT2D eigenvalue weighted by Crippen LogP contribution is -3.00. The summed E-state index contributed by atoms with van der Waals surface area (Å²) < 4.78 is 14.3. The highest BCUT2D eigenvalue weighted by molar-refractivity contribution is 5.69. The topological polar surface area (TPSA) is 41.2 Å². The van der Waals surface area contributed by atoms with E-state index in [9.17, 15) is 9.18 Å². The van der Waals surface area contributed by atoms with Crippen LogP contribution in [0.4, 0.5) is 4.39 Å². The van der Waals surface area contributed by atoms with Gasteiger partial charge in [-0.25, -0.2) is 9.18 Å². The van der Waals surface area contributed by atoms with Crippen LogP contribution in [0.15, 0.2) is 48.8 Å². The highest BCUT2D eigenvalue weighted by Gasteiger charge is 2.05. The summed E-state index contributed by atoms with van der Waals surface area (Å²) in [6, 6.07) is 9.85. The molecular weight excluding hydrogens is 281 g/mol. The number of rotatable bonds is 4. The maximum atomic E-state index is 12.7. The third-order valence-corrected chi connectivity index (χ3v) is 2.57. The van der Waals surface area contributed by atoms with Crippen molar-refractivity contribution in [3.8, 4) is 0 Å². The molecule has 0 radical (unpaired) electrons. The van der Waals surface area contributed by atoms with Crippen molar-refractivity contribution in [2.24, 2.45) is 0 Å². The summed E-state index contributed by atoms with van der Waals surface area (Å²) in [6.45, 7) is -0.0536. The van der Waals surface area contributed by atoms with Gasteiger partial charge < -0.3 is 17.5 Å². The molecule has 3 nitrogen and oxygen atoms in total. The van der Waals surface area contributed by atoms with Crippen LogP contribution in [0.5, 0.6) is 0 Å². The van der Waals surface area contributed by atoms with Crippen LogP contribution in [-0.4, -0.2) is 11.1 Å². The highest BCUT2D eigenvalue weighted by atomic mass is 35.5. The summed E-state index contributed by atoms with van der Waals surface area (Å²) in [6.07, 6.45) is 7.17. The Hall–Kier alpha value is -2.20. The van der Waals surface area contributed by atoms with Crippen molar-refractivity contribution in [2.75, 3.05) is 0 Å². The molecule has 1 N–H and O–H groups in total. The van der Waals surface area contributed by atoms with Crippen LogP contribution in [0.3, 0.4) is 0 Å². The van der Waals surface area contributed by atoms with Gasteiger partial charge in [-0.3, -0.25) is 0 Å². The minimum absolute atomic E-state index is 0. The number of carbonyl (C=O) groups is 1. The predicted octanol–water partition coefficient (Wildman–Crippen LogP) is -0.628. The van der Waals surface area contributed by atoms with Gasteiger partial charge in [-0.2, -0.15) is 4.57 Å². The molecule has 1 aromatic heterocycles. The van der Waals surface area contributed by atoms with Crippen molar-refractivity contribution in [1.29, 1.82) is 0 Å². The number of benzene rings is 1. The van der Waals surface area contributed by atoms with Crippen molar-refractivity contribution in [2.45, 2.75) is 6.54 Å². The summed E-state index contributed by atoms with van der Waals surface area (Å²) in [4.78, 5) is 10.5. The fraction of sp³-hybridized carbons (Fsp3) is 0.0667. The fourth-order valence-electron chi connectivity index (χ4n) is 1.61. The number of hydrogen-bond acceptors (Lipinski definition) is 1. The zero-order valence-electron chi connectivity index (χ0n) is 10.5. The van der Waals surface area contributed by atoms with Gasteiger partial charge in [-0.1, -0.05) is 24.3 Å². The first-order chi connectivity index (χ1) is 9.13. The second-order valence-electron chi connectivity index (χ2n) is 4.08. The normalized spacial score (nSPS) is 10.2. The molecule has 0 bridgehead atoms. The van der Waals surface area contributed by atoms with E-state index in [4.69, 9.17) is 5.11 Å². The van der Waals surface area contributed by atoms with Crippen molar-refractivity contribution in [3.63, 3.8) is 0 Å². The van der Waals surface area contributed by atoms with Crippen LogP contribution >= 0.6 is 0 Å². The van der Waals surface area contributed by atoms with E-state index in [-0.39, 0.29) is 24.8 Å². The Kier molecular flexibility index (Phi) is 5.87. The smallest absolute Gasteiger partial charge is 0.370 e. The van der Waals surface area contributed by atoms with Gasteiger partial charge in [0.2, 0.25) is 6.54 Å². The van der Waals surface area contributed by atoms with Crippen LogP contribution in [0.2, 0.25) is 0 Å². The average molecular weight is 294 g/mol. The van der Waals surface area contributed by atoms with E-state index in [2.05, 4.69) is 0 Å². The molecule has 20 heavy (non-hydrogen) atoms. The molecule has 0 unspecified atom stereocenters. The highest BCUT2D eigenvalue weighted by Crippen LogP contribution is 2.08. The van der Waals surface area contributed by atoms with Crippen molar-refractivity contribution < 1.29 is 31.3 Å². The zero-order valence-corrected chi connectivity index (χ0v) is 11.3. The van der Waals surface area contributed by atoms with Gasteiger partial charge in [-0.05, 0) is 23.3 Å². The van der Waals surface area contributed by atoms with Crippen molar-refractivity contribution in [3.05, 3.63) is 65.7 Å². The number of aromatic nitrogens is 1. The van der Waals surface area contributed by atoms with E-state index in [1.54, 1.807) is 29.1 Å². The van der Waals surface area contributed by atoms with Gasteiger partial charge >= 0.3 is 5.97 Å². The zero-order chi connectivity index (χ0) is 13.7. The molecule has 2 aromatic rings. The molecule has 1 heterocycles. The summed E-state index contributed by atoms with van der Waals surface area (Å²) >= 11 is 0. The second-order valence-corrected chi connectivity index (χ2v) is 4.08. The number of aliphatic carboxylic acids is 1. The lowest BCUT2D eigenvalue weighted by molar-refractivity contribution is -0.685. The van der Waals surface area contributed by atoms with Gasteiger partial charge in [0.1, 0.15) is 5.82 Å². The molecule has 0 saturated heterocycles. The molecule has 0 aliphatic rings. The molecule has 2 rings (SSSR count). The lowest BCUT2D eigenvalue weighted by Gasteiger charge is -1.95. The summed E-state index contributed by atoms with van der Waals surface area (Å²) in [5.74, 6) is -1.13. The Balaban J connectivity index is 0.00000200. The first-order valence-electron chi connectivity index (χ1n) is 5.78. The lowest BCUT2D eigenvalue weighted by atomic mass is 10.1. The van der Waals surface area contributed by atoms with Crippen LogP contribution in [0.1, 0.15) is 11.1 Å². The predicted molar refractivity (Wildman–Crippen MR) is 69.6 cm³/mol. The van der Waals surface area contributed by atoms with Crippen molar-refractivity contribution >= 4 is 18.1 Å². The molecule has 0 spiro atoms. The quantitative estimate of drug-likeness (QED) is 0.763. The number of halogens is 2.